The molecule has 0 aliphatic carbocycles. The van der Waals surface area contributed by atoms with Crippen LogP contribution >= 0.6 is 11.6 Å². The third-order valence-electron chi connectivity index (χ3n) is 6.05. The van der Waals surface area contributed by atoms with Crippen molar-refractivity contribution in [2.45, 2.75) is 45.8 Å². The van der Waals surface area contributed by atoms with E-state index in [2.05, 4.69) is 6.07 Å². The lowest BCUT2D eigenvalue weighted by Crippen LogP contribution is -2.31. The van der Waals surface area contributed by atoms with Crippen molar-refractivity contribution in [3.8, 4) is 22.9 Å². The Morgan fingerprint density at radius 3 is 2.41 bits per heavy atom. The van der Waals surface area contributed by atoms with Crippen LogP contribution in [0.2, 0.25) is 5.02 Å². The molecule has 0 bridgehead atoms. The molecule has 2 aromatic carbocycles. The largest absolute Gasteiger partial charge is 0.495 e. The Kier molecular flexibility index (Phi) is 10.4. The molecular weight excluding hydrogens is 520 g/mol. The number of rotatable bonds is 12. The van der Waals surface area contributed by atoms with E-state index in [0.29, 0.717) is 38.6 Å². The van der Waals surface area contributed by atoms with Crippen molar-refractivity contribution in [1.82, 2.24) is 4.57 Å². The highest BCUT2D eigenvalue weighted by atomic mass is 35.5. The molecule has 0 fully saturated rings. The van der Waals surface area contributed by atoms with Crippen LogP contribution in [0.4, 0.5) is 0 Å². The maximum Gasteiger partial charge on any atom is 0.338 e. The SMILES string of the molecule is CCOC(=O)c1ccc(CC(=O)C(CCOC(C)C)n2cc(OC)c(-c3cc(Cl)ccc3C#N)cc2=O)cc1. The minimum absolute atomic E-state index is 0.0405. The Bertz CT molecular complexity index is 1420. The van der Waals surface area contributed by atoms with Crippen LogP contribution in [0.15, 0.2) is 59.5 Å². The van der Waals surface area contributed by atoms with E-state index in [4.69, 9.17) is 25.8 Å². The Balaban J connectivity index is 1.98. The minimum atomic E-state index is -0.835. The van der Waals surface area contributed by atoms with E-state index in [1.165, 1.54) is 23.9 Å². The molecular formula is C30H31ClN2O6. The Morgan fingerprint density at radius 2 is 1.79 bits per heavy atom. The number of methoxy groups -OCH3 is 1. The van der Waals surface area contributed by atoms with E-state index < -0.39 is 17.6 Å². The Morgan fingerprint density at radius 1 is 1.08 bits per heavy atom. The summed E-state index contributed by atoms with van der Waals surface area (Å²) in [6, 6.07) is 14.0. The number of ether oxygens (including phenoxy) is 3. The number of hydrogen-bond acceptors (Lipinski definition) is 7. The summed E-state index contributed by atoms with van der Waals surface area (Å²) in [5.74, 6) is -0.324. The molecule has 3 aromatic rings. The molecule has 0 radical (unpaired) electrons. The van der Waals surface area contributed by atoms with Crippen LogP contribution in [0.25, 0.3) is 11.1 Å². The lowest BCUT2D eigenvalue weighted by molar-refractivity contribution is -0.122. The molecule has 1 atom stereocenters. The summed E-state index contributed by atoms with van der Waals surface area (Å²) in [5.41, 5.74) is 1.84. The van der Waals surface area contributed by atoms with Crippen LogP contribution in [0.1, 0.15) is 54.7 Å². The number of Topliss-reactive ketones (excluding diaryl/α,β-unsaturated/α-hetero) is 1. The number of carbonyl (C=O) groups excluding carboxylic acids is 2. The fourth-order valence-electron chi connectivity index (χ4n) is 4.14. The fraction of sp³-hybridized carbons (Fsp3) is 0.333. The van der Waals surface area contributed by atoms with Gasteiger partial charge in [-0.25, -0.2) is 4.79 Å². The van der Waals surface area contributed by atoms with Gasteiger partial charge in [0.2, 0.25) is 0 Å². The van der Waals surface area contributed by atoms with Gasteiger partial charge in [-0.15, -0.1) is 0 Å². The standard InChI is InChI=1S/C30H31ClN2O6/c1-5-38-30(36)21-8-6-20(7-9-21)14-27(34)26(12-13-39-19(2)3)33-18-28(37-4)25(16-29(33)35)24-15-23(31)11-10-22(24)17-32/h6-11,15-16,18-19,26H,5,12-14H2,1-4H3. The van der Waals surface area contributed by atoms with E-state index >= 15 is 0 Å². The first kappa shape index (κ1) is 29.6. The molecule has 1 heterocycles. The minimum Gasteiger partial charge on any atom is -0.495 e. The van der Waals surface area contributed by atoms with E-state index in [9.17, 15) is 19.6 Å². The highest BCUT2D eigenvalue weighted by molar-refractivity contribution is 6.31. The first-order chi connectivity index (χ1) is 18.7. The summed E-state index contributed by atoms with van der Waals surface area (Å²) in [5, 5.41) is 9.98. The molecule has 0 spiro atoms. The normalized spacial score (nSPS) is 11.6. The van der Waals surface area contributed by atoms with Crippen molar-refractivity contribution in [3.63, 3.8) is 0 Å². The number of nitrogens with zero attached hydrogens (tertiary/aromatic N) is 2. The van der Waals surface area contributed by atoms with Crippen molar-refractivity contribution in [2.24, 2.45) is 0 Å². The highest BCUT2D eigenvalue weighted by Crippen LogP contribution is 2.33. The average Bonchev–Trinajstić information content (AvgIpc) is 2.91. The zero-order valence-electron chi connectivity index (χ0n) is 22.4. The van der Waals surface area contributed by atoms with Gasteiger partial charge in [0.05, 0.1) is 49.3 Å². The summed E-state index contributed by atoms with van der Waals surface area (Å²) >= 11 is 6.17. The molecule has 0 aliphatic heterocycles. The van der Waals surface area contributed by atoms with Gasteiger partial charge in [-0.05, 0) is 63.1 Å². The molecule has 1 unspecified atom stereocenters. The fourth-order valence-corrected chi connectivity index (χ4v) is 4.32. The molecule has 0 N–H and O–H groups in total. The van der Waals surface area contributed by atoms with Crippen LogP contribution < -0.4 is 10.3 Å². The van der Waals surface area contributed by atoms with Crippen LogP contribution in [0, 0.1) is 11.3 Å². The second kappa shape index (κ2) is 13.7. The second-order valence-electron chi connectivity index (χ2n) is 9.09. The molecule has 8 nitrogen and oxygen atoms in total. The van der Waals surface area contributed by atoms with Crippen LogP contribution in [0.3, 0.4) is 0 Å². The van der Waals surface area contributed by atoms with Crippen LogP contribution in [0.5, 0.6) is 5.75 Å². The summed E-state index contributed by atoms with van der Waals surface area (Å²) in [6.45, 7) is 6.05. The molecule has 0 saturated carbocycles. The van der Waals surface area contributed by atoms with E-state index in [1.54, 1.807) is 49.4 Å². The van der Waals surface area contributed by atoms with Gasteiger partial charge in [0.1, 0.15) is 5.75 Å². The summed E-state index contributed by atoms with van der Waals surface area (Å²) in [4.78, 5) is 38.9. The summed E-state index contributed by atoms with van der Waals surface area (Å²) < 4.78 is 17.6. The Hall–Kier alpha value is -3.93. The smallest absolute Gasteiger partial charge is 0.338 e. The molecule has 0 amide bonds. The van der Waals surface area contributed by atoms with E-state index in [0.717, 1.165) is 0 Å². The number of benzene rings is 2. The first-order valence-electron chi connectivity index (χ1n) is 12.6. The number of pyridine rings is 1. The zero-order chi connectivity index (χ0) is 28.5. The number of nitriles is 1. The van der Waals surface area contributed by atoms with Gasteiger partial charge >= 0.3 is 5.97 Å². The van der Waals surface area contributed by atoms with Gasteiger partial charge in [0, 0.05) is 35.2 Å². The van der Waals surface area contributed by atoms with Crippen molar-refractivity contribution < 1.29 is 23.8 Å². The van der Waals surface area contributed by atoms with Crippen molar-refractivity contribution in [3.05, 3.63) is 86.8 Å². The molecule has 3 rings (SSSR count). The van der Waals surface area contributed by atoms with Gasteiger partial charge in [0.25, 0.3) is 5.56 Å². The summed E-state index contributed by atoms with van der Waals surface area (Å²) in [7, 11) is 1.45. The van der Waals surface area contributed by atoms with E-state index in [1.807, 2.05) is 13.8 Å². The number of carbonyl (C=O) groups is 2. The molecule has 39 heavy (non-hydrogen) atoms. The average molecular weight is 551 g/mol. The van der Waals surface area contributed by atoms with Crippen LogP contribution in [-0.2, 0) is 20.7 Å². The monoisotopic (exact) mass is 550 g/mol. The number of ketones is 1. The second-order valence-corrected chi connectivity index (χ2v) is 9.52. The zero-order valence-corrected chi connectivity index (χ0v) is 23.2. The molecule has 9 heteroatoms. The van der Waals surface area contributed by atoms with Crippen molar-refractivity contribution in [1.29, 1.82) is 5.26 Å². The number of halogens is 1. The summed E-state index contributed by atoms with van der Waals surface area (Å²) in [6.07, 6.45) is 1.75. The first-order valence-corrected chi connectivity index (χ1v) is 13.0. The van der Waals surface area contributed by atoms with Gasteiger partial charge < -0.3 is 18.8 Å². The van der Waals surface area contributed by atoms with Gasteiger partial charge in [-0.1, -0.05) is 23.7 Å². The maximum atomic E-state index is 13.6. The third-order valence-corrected chi connectivity index (χ3v) is 6.28. The van der Waals surface area contributed by atoms with Gasteiger partial charge in [0.15, 0.2) is 5.78 Å². The lowest BCUT2D eigenvalue weighted by Gasteiger charge is -2.22. The van der Waals surface area contributed by atoms with Crippen molar-refractivity contribution >= 4 is 23.4 Å². The molecule has 0 aliphatic rings. The van der Waals surface area contributed by atoms with Crippen LogP contribution in [-0.4, -0.2) is 42.7 Å². The number of esters is 1. The highest BCUT2D eigenvalue weighted by Gasteiger charge is 2.24. The Labute approximate surface area is 232 Å². The topological polar surface area (TPSA) is 108 Å². The van der Waals surface area contributed by atoms with Gasteiger partial charge in [-0.3, -0.25) is 9.59 Å². The predicted octanol–water partition coefficient (Wildman–Crippen LogP) is 5.39. The van der Waals surface area contributed by atoms with Crippen molar-refractivity contribution in [2.75, 3.05) is 20.3 Å². The maximum absolute atomic E-state index is 13.6. The van der Waals surface area contributed by atoms with Gasteiger partial charge in [-0.2, -0.15) is 5.26 Å². The quantitative estimate of drug-likeness (QED) is 0.278. The molecule has 1 aromatic heterocycles. The predicted molar refractivity (Wildman–Crippen MR) is 148 cm³/mol. The molecule has 0 saturated heterocycles. The third kappa shape index (κ3) is 7.56. The number of aromatic nitrogens is 1. The van der Waals surface area contributed by atoms with E-state index in [-0.39, 0.29) is 37.9 Å². The lowest BCUT2D eigenvalue weighted by atomic mass is 9.98. The molecule has 204 valence electrons. The number of hydrogen-bond donors (Lipinski definition) is 0.